The molecule has 2 heterocycles. The Morgan fingerprint density at radius 1 is 1.05 bits per heavy atom. The molecule has 1 aliphatic rings. The van der Waals surface area contributed by atoms with Crippen molar-refractivity contribution in [2.24, 2.45) is 0 Å². The van der Waals surface area contributed by atoms with E-state index < -0.39 is 32.8 Å². The maximum Gasteiger partial charge on any atom is 0.261 e. The molecule has 1 saturated heterocycles. The molecule has 1 amide bonds. The van der Waals surface area contributed by atoms with E-state index in [1.165, 1.54) is 30.3 Å². The first-order chi connectivity index (χ1) is 18.6. The second-order valence-electron chi connectivity index (χ2n) is 9.56. The van der Waals surface area contributed by atoms with Crippen LogP contribution in [0.1, 0.15) is 28.8 Å². The Bertz CT molecular complexity index is 1680. The van der Waals surface area contributed by atoms with Crippen molar-refractivity contribution in [2.75, 3.05) is 17.9 Å². The molecule has 202 valence electrons. The van der Waals surface area contributed by atoms with Crippen LogP contribution in [0.25, 0.3) is 10.9 Å². The fourth-order valence-electron chi connectivity index (χ4n) is 4.76. The first-order valence-electron chi connectivity index (χ1n) is 12.2. The van der Waals surface area contributed by atoms with Crippen LogP contribution in [-0.4, -0.2) is 38.1 Å². The Morgan fingerprint density at radius 3 is 2.49 bits per heavy atom. The Morgan fingerprint density at radius 2 is 1.79 bits per heavy atom. The molecule has 8 nitrogen and oxygen atoms in total. The second-order valence-corrected chi connectivity index (χ2v) is 11.7. The molecule has 0 aliphatic carbocycles. The van der Waals surface area contributed by atoms with Gasteiger partial charge in [0.1, 0.15) is 5.82 Å². The maximum absolute atomic E-state index is 13.7. The summed E-state index contributed by atoms with van der Waals surface area (Å²) in [5.41, 5.74) is 0.248. The quantitative estimate of drug-likeness (QED) is 0.300. The second kappa shape index (κ2) is 10.8. The number of sulfonamides is 1. The van der Waals surface area contributed by atoms with Gasteiger partial charge in [-0.15, -0.1) is 0 Å². The highest BCUT2D eigenvalue weighted by Gasteiger charge is 2.35. The fraction of sp³-hybridized carbons (Fsp3) is 0.214. The Hall–Kier alpha value is -3.73. The topological polar surface area (TPSA) is 117 Å². The molecule has 39 heavy (non-hydrogen) atoms. The van der Waals surface area contributed by atoms with Crippen molar-refractivity contribution in [3.8, 4) is 0 Å². The number of rotatable bonds is 7. The van der Waals surface area contributed by atoms with E-state index in [1.807, 2.05) is 12.1 Å². The smallest absolute Gasteiger partial charge is 0.261 e. The van der Waals surface area contributed by atoms with Crippen LogP contribution in [0.5, 0.6) is 0 Å². The van der Waals surface area contributed by atoms with E-state index in [4.69, 9.17) is 16.3 Å². The Kier molecular flexibility index (Phi) is 7.44. The summed E-state index contributed by atoms with van der Waals surface area (Å²) in [4.78, 5) is 28.6. The van der Waals surface area contributed by atoms with Crippen LogP contribution in [0.15, 0.2) is 82.5 Å². The number of benzene rings is 3. The van der Waals surface area contributed by atoms with Crippen LogP contribution in [-0.2, 0) is 21.2 Å². The van der Waals surface area contributed by atoms with E-state index in [9.17, 15) is 22.4 Å². The van der Waals surface area contributed by atoms with Crippen LogP contribution in [0, 0.1) is 5.82 Å². The molecule has 3 aromatic carbocycles. The third kappa shape index (κ3) is 6.13. The number of hydrogen-bond donors (Lipinski definition) is 3. The van der Waals surface area contributed by atoms with E-state index in [0.29, 0.717) is 30.0 Å². The zero-order chi connectivity index (χ0) is 27.6. The van der Waals surface area contributed by atoms with Crippen molar-refractivity contribution in [1.82, 2.24) is 10.3 Å². The van der Waals surface area contributed by atoms with E-state index in [-0.39, 0.29) is 28.1 Å². The van der Waals surface area contributed by atoms with Gasteiger partial charge in [-0.05, 0) is 79.4 Å². The number of halogens is 2. The SMILES string of the molecule is O=C(NC1(Cc2ccc(Cl)cc2)CCCOC1)c1cc(=O)[nH]c2ccc(S(=O)(=O)Nc3ccc(F)cc3)cc12. The van der Waals surface area contributed by atoms with Crippen molar-refractivity contribution in [3.05, 3.63) is 105 Å². The lowest BCUT2D eigenvalue weighted by Crippen LogP contribution is -2.55. The highest BCUT2D eigenvalue weighted by molar-refractivity contribution is 7.92. The van der Waals surface area contributed by atoms with E-state index in [2.05, 4.69) is 15.0 Å². The molecule has 0 radical (unpaired) electrons. The van der Waals surface area contributed by atoms with Gasteiger partial charge in [0.25, 0.3) is 15.9 Å². The van der Waals surface area contributed by atoms with Crippen molar-refractivity contribution in [1.29, 1.82) is 0 Å². The summed E-state index contributed by atoms with van der Waals surface area (Å²) < 4.78 is 47.5. The molecule has 1 aliphatic heterocycles. The number of carbonyl (C=O) groups is 1. The van der Waals surface area contributed by atoms with E-state index >= 15 is 0 Å². The predicted molar refractivity (Wildman–Crippen MR) is 147 cm³/mol. The van der Waals surface area contributed by atoms with Crippen LogP contribution < -0.4 is 15.6 Å². The van der Waals surface area contributed by atoms with Crippen molar-refractivity contribution in [3.63, 3.8) is 0 Å². The molecule has 0 bridgehead atoms. The number of H-pyrrole nitrogens is 1. The van der Waals surface area contributed by atoms with Crippen molar-refractivity contribution < 1.29 is 22.3 Å². The fourth-order valence-corrected chi connectivity index (χ4v) is 5.97. The lowest BCUT2D eigenvalue weighted by atomic mass is 9.85. The average Bonchev–Trinajstić information content (AvgIpc) is 2.91. The summed E-state index contributed by atoms with van der Waals surface area (Å²) in [6.07, 6.45) is 1.88. The number of hydrogen-bond acceptors (Lipinski definition) is 5. The molecule has 5 rings (SSSR count). The van der Waals surface area contributed by atoms with Gasteiger partial charge in [-0.1, -0.05) is 23.7 Å². The van der Waals surface area contributed by atoms with Gasteiger partial charge < -0.3 is 15.0 Å². The lowest BCUT2D eigenvalue weighted by Gasteiger charge is -2.38. The van der Waals surface area contributed by atoms with E-state index in [1.54, 1.807) is 12.1 Å². The van der Waals surface area contributed by atoms with Crippen molar-refractivity contribution >= 4 is 44.1 Å². The van der Waals surface area contributed by atoms with E-state index in [0.717, 1.165) is 30.2 Å². The maximum atomic E-state index is 13.7. The summed E-state index contributed by atoms with van der Waals surface area (Å²) in [6, 6.07) is 17.5. The number of aromatic nitrogens is 1. The number of fused-ring (bicyclic) bond motifs is 1. The zero-order valence-electron chi connectivity index (χ0n) is 20.7. The summed E-state index contributed by atoms with van der Waals surface area (Å²) in [6.45, 7) is 0.859. The highest BCUT2D eigenvalue weighted by Crippen LogP contribution is 2.27. The molecule has 1 atom stereocenters. The monoisotopic (exact) mass is 569 g/mol. The molecule has 1 fully saturated rings. The van der Waals surface area contributed by atoms with Gasteiger partial charge in [0.05, 0.1) is 22.6 Å². The minimum atomic E-state index is -4.08. The predicted octanol–water partition coefficient (Wildman–Crippen LogP) is 4.64. The highest BCUT2D eigenvalue weighted by atomic mass is 35.5. The lowest BCUT2D eigenvalue weighted by molar-refractivity contribution is 0.0197. The summed E-state index contributed by atoms with van der Waals surface area (Å²) in [5.74, 6) is -1.02. The van der Waals surface area contributed by atoms with Gasteiger partial charge >= 0.3 is 0 Å². The molecular formula is C28H25ClFN3O5S. The molecule has 0 saturated carbocycles. The minimum Gasteiger partial charge on any atom is -0.379 e. The summed E-state index contributed by atoms with van der Waals surface area (Å²) in [7, 11) is -4.08. The molecule has 3 N–H and O–H groups in total. The molecular weight excluding hydrogens is 545 g/mol. The van der Waals surface area contributed by atoms with Gasteiger partial charge in [0, 0.05) is 34.3 Å². The minimum absolute atomic E-state index is 0.0358. The van der Waals surface area contributed by atoms with Crippen LogP contribution in [0.3, 0.4) is 0 Å². The van der Waals surface area contributed by atoms with Gasteiger partial charge in [-0.25, -0.2) is 12.8 Å². The third-order valence-electron chi connectivity index (χ3n) is 6.62. The Balaban J connectivity index is 1.49. The number of aromatic amines is 1. The average molecular weight is 570 g/mol. The van der Waals surface area contributed by atoms with Gasteiger partial charge in [0.2, 0.25) is 5.56 Å². The summed E-state index contributed by atoms with van der Waals surface area (Å²) >= 11 is 6.03. The standard InChI is InChI=1S/C28H25ClFN3O5S/c29-19-4-2-18(3-5-19)16-28(12-1-13-38-17-28)32-27(35)24-15-26(34)31-25-11-10-22(14-23(24)25)39(36,37)33-21-8-6-20(30)7-9-21/h2-11,14-15,33H,1,12-13,16-17H2,(H,31,34)(H,32,35). The molecule has 1 aromatic heterocycles. The van der Waals surface area contributed by atoms with Gasteiger partial charge in [-0.2, -0.15) is 0 Å². The Labute approximate surface area is 229 Å². The number of carbonyl (C=O) groups excluding carboxylic acids is 1. The van der Waals surface area contributed by atoms with Crippen LogP contribution in [0.4, 0.5) is 10.1 Å². The number of nitrogens with one attached hydrogen (secondary N) is 3. The van der Waals surface area contributed by atoms with Crippen LogP contribution >= 0.6 is 11.6 Å². The number of pyridine rings is 1. The normalized spacial score (nSPS) is 17.6. The zero-order valence-corrected chi connectivity index (χ0v) is 22.2. The number of anilines is 1. The molecule has 1 unspecified atom stereocenters. The third-order valence-corrected chi connectivity index (χ3v) is 8.25. The number of amides is 1. The van der Waals surface area contributed by atoms with Gasteiger partial charge in [0.15, 0.2) is 0 Å². The summed E-state index contributed by atoms with van der Waals surface area (Å²) in [5, 5.41) is 3.94. The molecule has 4 aromatic rings. The van der Waals surface area contributed by atoms with Crippen LogP contribution in [0.2, 0.25) is 5.02 Å². The van der Waals surface area contributed by atoms with Gasteiger partial charge in [-0.3, -0.25) is 14.3 Å². The van der Waals surface area contributed by atoms with Crippen molar-refractivity contribution in [2.45, 2.75) is 29.7 Å². The first kappa shape index (κ1) is 26.9. The largest absolute Gasteiger partial charge is 0.379 e. The molecule has 11 heteroatoms. The first-order valence-corrected chi connectivity index (χ1v) is 14.1. The number of ether oxygens (including phenoxy) is 1. The molecule has 0 spiro atoms.